The fourth-order valence-corrected chi connectivity index (χ4v) is 3.35. The van der Waals surface area contributed by atoms with Crippen molar-refractivity contribution in [2.75, 3.05) is 0 Å². The van der Waals surface area contributed by atoms with Crippen molar-refractivity contribution in [1.82, 2.24) is 15.1 Å². The molecule has 1 unspecified atom stereocenters. The van der Waals surface area contributed by atoms with E-state index in [9.17, 15) is 4.79 Å². The Bertz CT molecular complexity index is 970. The minimum absolute atomic E-state index is 0.117. The van der Waals surface area contributed by atoms with E-state index in [2.05, 4.69) is 10.4 Å². The maximum Gasteiger partial charge on any atom is 0.272 e. The molecule has 4 rings (SSSR count). The molecule has 138 valence electrons. The van der Waals surface area contributed by atoms with E-state index in [1.165, 1.54) is 0 Å². The molecule has 27 heavy (non-hydrogen) atoms. The molecule has 1 N–H and O–H groups in total. The zero-order valence-corrected chi connectivity index (χ0v) is 15.9. The lowest BCUT2D eigenvalue weighted by Crippen LogP contribution is -2.24. The molecule has 3 aromatic rings. The van der Waals surface area contributed by atoms with Gasteiger partial charge in [-0.2, -0.15) is 5.10 Å². The van der Waals surface area contributed by atoms with Crippen LogP contribution in [0.5, 0.6) is 0 Å². The first-order valence-corrected chi connectivity index (χ1v) is 9.31. The number of carbonyl (C=O) groups excluding carboxylic acids is 1. The Morgan fingerprint density at radius 1 is 1.19 bits per heavy atom. The summed E-state index contributed by atoms with van der Waals surface area (Å²) in [6.07, 6.45) is -0.117. The van der Waals surface area contributed by atoms with E-state index in [0.717, 1.165) is 16.8 Å². The van der Waals surface area contributed by atoms with Crippen molar-refractivity contribution in [3.63, 3.8) is 0 Å². The van der Waals surface area contributed by atoms with Gasteiger partial charge in [0.1, 0.15) is 6.10 Å². The van der Waals surface area contributed by atoms with Crippen LogP contribution in [0.15, 0.2) is 54.6 Å². The van der Waals surface area contributed by atoms with Gasteiger partial charge in [0.25, 0.3) is 5.91 Å². The van der Waals surface area contributed by atoms with Crippen molar-refractivity contribution in [3.05, 3.63) is 87.2 Å². The van der Waals surface area contributed by atoms with E-state index in [1.54, 1.807) is 12.1 Å². The van der Waals surface area contributed by atoms with Crippen LogP contribution >= 0.6 is 23.2 Å². The molecule has 1 aliphatic rings. The zero-order chi connectivity index (χ0) is 18.8. The van der Waals surface area contributed by atoms with Gasteiger partial charge >= 0.3 is 0 Å². The molecular weight excluding hydrogens is 385 g/mol. The highest BCUT2D eigenvalue weighted by atomic mass is 35.5. The Kier molecular flexibility index (Phi) is 5.16. The average Bonchev–Trinajstić information content (AvgIpc) is 3.11. The van der Waals surface area contributed by atoms with Crippen molar-refractivity contribution in [3.8, 4) is 0 Å². The average molecular weight is 402 g/mol. The maximum absolute atomic E-state index is 12.5. The molecule has 0 aliphatic carbocycles. The summed E-state index contributed by atoms with van der Waals surface area (Å²) in [7, 11) is 0. The van der Waals surface area contributed by atoms with Crippen LogP contribution in [0.1, 0.15) is 33.4 Å². The van der Waals surface area contributed by atoms with Crippen molar-refractivity contribution < 1.29 is 9.53 Å². The Balaban J connectivity index is 1.44. The van der Waals surface area contributed by atoms with Crippen molar-refractivity contribution in [2.45, 2.75) is 25.8 Å². The topological polar surface area (TPSA) is 56.2 Å². The molecule has 1 amide bonds. The van der Waals surface area contributed by atoms with E-state index in [0.29, 0.717) is 35.4 Å². The molecular formula is C20H17Cl2N3O2. The fourth-order valence-electron chi connectivity index (χ4n) is 3.02. The van der Waals surface area contributed by atoms with Crippen LogP contribution in [-0.2, 0) is 24.4 Å². The predicted octanol–water partition coefficient (Wildman–Crippen LogP) is 4.39. The van der Waals surface area contributed by atoms with Crippen LogP contribution in [0, 0.1) is 0 Å². The quantitative estimate of drug-likeness (QED) is 0.704. The lowest BCUT2D eigenvalue weighted by molar-refractivity contribution is -0.00119. The first-order chi connectivity index (χ1) is 13.1. The molecule has 0 saturated carbocycles. The summed E-state index contributed by atoms with van der Waals surface area (Å²) >= 11 is 12.1. The van der Waals surface area contributed by atoms with Crippen LogP contribution in [0.2, 0.25) is 10.0 Å². The number of benzene rings is 2. The van der Waals surface area contributed by atoms with E-state index in [4.69, 9.17) is 27.9 Å². The van der Waals surface area contributed by atoms with Gasteiger partial charge in [0.15, 0.2) is 5.69 Å². The Labute approximate surface area is 166 Å². The SMILES string of the molecule is O=C(NCc1ccccc1Cl)c1cc2n(n1)CC(c1ccc(Cl)cc1)OC2. The van der Waals surface area contributed by atoms with Crippen molar-refractivity contribution >= 4 is 29.1 Å². The molecule has 2 aromatic carbocycles. The smallest absolute Gasteiger partial charge is 0.272 e. The predicted molar refractivity (Wildman–Crippen MR) is 104 cm³/mol. The number of carbonyl (C=O) groups is 1. The zero-order valence-electron chi connectivity index (χ0n) is 14.4. The standard InChI is InChI=1S/C20H17Cl2N3O2/c21-15-7-5-13(6-8-15)19-11-25-16(12-27-19)9-18(24-25)20(26)23-10-14-3-1-2-4-17(14)22/h1-9,19H,10-12H2,(H,23,26). The number of halogens is 2. The van der Waals surface area contributed by atoms with Gasteiger partial charge in [-0.1, -0.05) is 53.5 Å². The lowest BCUT2D eigenvalue weighted by atomic mass is 10.1. The summed E-state index contributed by atoms with van der Waals surface area (Å²) in [5.74, 6) is -0.236. The summed E-state index contributed by atoms with van der Waals surface area (Å²) in [4.78, 5) is 12.5. The van der Waals surface area contributed by atoms with Gasteiger partial charge < -0.3 is 10.1 Å². The van der Waals surface area contributed by atoms with E-state index in [1.807, 2.05) is 47.1 Å². The minimum Gasteiger partial charge on any atom is -0.365 e. The second-order valence-electron chi connectivity index (χ2n) is 6.33. The molecule has 1 aromatic heterocycles. The van der Waals surface area contributed by atoms with Gasteiger partial charge in [-0.25, -0.2) is 0 Å². The number of hydrogen-bond donors (Lipinski definition) is 1. The number of amides is 1. The second kappa shape index (κ2) is 7.72. The molecule has 0 saturated heterocycles. The van der Waals surface area contributed by atoms with Gasteiger partial charge in [0.2, 0.25) is 0 Å². The van der Waals surface area contributed by atoms with Crippen LogP contribution in [0.25, 0.3) is 0 Å². The van der Waals surface area contributed by atoms with Crippen molar-refractivity contribution in [2.24, 2.45) is 0 Å². The van der Waals surface area contributed by atoms with Crippen LogP contribution < -0.4 is 5.32 Å². The number of ether oxygens (including phenoxy) is 1. The van der Waals surface area contributed by atoms with Crippen molar-refractivity contribution in [1.29, 1.82) is 0 Å². The summed E-state index contributed by atoms with van der Waals surface area (Å²) in [6, 6.07) is 16.7. The molecule has 1 atom stereocenters. The van der Waals surface area contributed by atoms with Gasteiger partial charge in [-0.15, -0.1) is 0 Å². The molecule has 5 nitrogen and oxygen atoms in total. The number of nitrogens with one attached hydrogen (secondary N) is 1. The number of hydrogen-bond acceptors (Lipinski definition) is 3. The Hall–Kier alpha value is -2.34. The van der Waals surface area contributed by atoms with Crippen LogP contribution in [0.3, 0.4) is 0 Å². The van der Waals surface area contributed by atoms with Gasteiger partial charge in [0.05, 0.1) is 18.8 Å². The molecule has 7 heteroatoms. The lowest BCUT2D eigenvalue weighted by Gasteiger charge is -2.24. The largest absolute Gasteiger partial charge is 0.365 e. The highest BCUT2D eigenvalue weighted by Crippen LogP contribution is 2.27. The first kappa shape index (κ1) is 18.0. The van der Waals surface area contributed by atoms with Crippen LogP contribution in [0.4, 0.5) is 0 Å². The minimum atomic E-state index is -0.236. The number of nitrogens with zero attached hydrogens (tertiary/aromatic N) is 2. The van der Waals surface area contributed by atoms with E-state index >= 15 is 0 Å². The third-order valence-electron chi connectivity index (χ3n) is 4.51. The highest BCUT2D eigenvalue weighted by Gasteiger charge is 2.24. The Morgan fingerprint density at radius 3 is 2.74 bits per heavy atom. The molecule has 0 spiro atoms. The number of aromatic nitrogens is 2. The third-order valence-corrected chi connectivity index (χ3v) is 5.13. The molecule has 0 radical (unpaired) electrons. The maximum atomic E-state index is 12.5. The summed E-state index contributed by atoms with van der Waals surface area (Å²) < 4.78 is 7.74. The molecule has 2 heterocycles. The van der Waals surface area contributed by atoms with E-state index < -0.39 is 0 Å². The summed E-state index contributed by atoms with van der Waals surface area (Å²) in [6.45, 7) is 1.30. The van der Waals surface area contributed by atoms with Gasteiger partial charge in [-0.3, -0.25) is 9.48 Å². The molecule has 0 fully saturated rings. The van der Waals surface area contributed by atoms with E-state index in [-0.39, 0.29) is 12.0 Å². The monoisotopic (exact) mass is 401 g/mol. The number of fused-ring (bicyclic) bond motifs is 1. The fraction of sp³-hybridized carbons (Fsp3) is 0.200. The summed E-state index contributed by atoms with van der Waals surface area (Å²) in [5, 5.41) is 8.62. The normalized spacial score (nSPS) is 16.0. The van der Waals surface area contributed by atoms with Gasteiger partial charge in [0, 0.05) is 16.6 Å². The first-order valence-electron chi connectivity index (χ1n) is 8.55. The van der Waals surface area contributed by atoms with Gasteiger partial charge in [-0.05, 0) is 35.4 Å². The highest BCUT2D eigenvalue weighted by molar-refractivity contribution is 6.31. The van der Waals surface area contributed by atoms with Crippen LogP contribution in [-0.4, -0.2) is 15.7 Å². The second-order valence-corrected chi connectivity index (χ2v) is 7.17. The third kappa shape index (κ3) is 4.00. The molecule has 0 bridgehead atoms. The Morgan fingerprint density at radius 2 is 1.96 bits per heavy atom. The number of rotatable bonds is 4. The molecule has 1 aliphatic heterocycles. The summed E-state index contributed by atoms with van der Waals surface area (Å²) in [5.41, 5.74) is 3.15.